The van der Waals surface area contributed by atoms with Crippen LogP contribution in [0.1, 0.15) is 24.1 Å². The molecule has 1 aliphatic rings. The van der Waals surface area contributed by atoms with Crippen LogP contribution in [0.2, 0.25) is 0 Å². The number of hydrogen-bond donors (Lipinski definition) is 1. The Morgan fingerprint density at radius 2 is 2.09 bits per heavy atom. The Hall–Kier alpha value is -0.640. The maximum atomic E-state index is 12.5. The molecule has 1 aliphatic carbocycles. The summed E-state index contributed by atoms with van der Waals surface area (Å²) in [5.41, 5.74) is 1.92. The van der Waals surface area contributed by atoms with Crippen LogP contribution in [0.15, 0.2) is 23.0 Å². The third-order valence-corrected chi connectivity index (χ3v) is 4.07. The number of allylic oxidation sites excluding steroid dienone is 4. The van der Waals surface area contributed by atoms with E-state index in [-0.39, 0.29) is 41.7 Å². The molecule has 0 bridgehead atoms. The van der Waals surface area contributed by atoms with Crippen LogP contribution in [0.25, 0.3) is 5.70 Å². The van der Waals surface area contributed by atoms with E-state index in [1.165, 1.54) is 0 Å². The van der Waals surface area contributed by atoms with Gasteiger partial charge in [0.2, 0.25) is 0 Å². The van der Waals surface area contributed by atoms with Crippen molar-refractivity contribution in [2.75, 3.05) is 5.88 Å². The molecular weight excluding hydrogens is 317 g/mol. The molecule has 1 N–H and O–H groups in total. The van der Waals surface area contributed by atoms with Gasteiger partial charge in [-0.3, -0.25) is 9.48 Å². The zero-order valence-corrected chi connectivity index (χ0v) is 15.8. The number of nitrogens with one attached hydrogen (secondary N) is 1. The summed E-state index contributed by atoms with van der Waals surface area (Å²) in [5.74, 6) is -0.688. The van der Waals surface area contributed by atoms with Crippen molar-refractivity contribution in [3.63, 3.8) is 0 Å². The summed E-state index contributed by atoms with van der Waals surface area (Å²) < 4.78 is 35.1. The molecule has 1 aromatic rings. The van der Waals surface area contributed by atoms with Crippen LogP contribution in [0, 0.1) is 6.92 Å². The van der Waals surface area contributed by atoms with E-state index in [1.54, 1.807) is 23.3 Å². The van der Waals surface area contributed by atoms with Crippen molar-refractivity contribution in [1.29, 1.82) is 0 Å². The van der Waals surface area contributed by atoms with Crippen LogP contribution in [0.3, 0.4) is 0 Å². The predicted molar refractivity (Wildman–Crippen MR) is 78.5 cm³/mol. The third-order valence-electron chi connectivity index (χ3n) is 3.52. The summed E-state index contributed by atoms with van der Waals surface area (Å²) in [4.78, 5) is 12.5. The average molecular weight is 335 g/mol. The summed E-state index contributed by atoms with van der Waals surface area (Å²) in [6.45, 7) is 1.84. The quantitative estimate of drug-likeness (QED) is 0.466. The number of rotatable bonds is 5. The zero-order valence-electron chi connectivity index (χ0n) is 13.0. The minimum Gasteiger partial charge on any atom is -0.747 e. The first kappa shape index (κ1) is 19.4. The van der Waals surface area contributed by atoms with E-state index in [4.69, 9.17) is 0 Å². The maximum Gasteiger partial charge on any atom is 1.00 e. The molecule has 0 aromatic carbocycles. The van der Waals surface area contributed by atoms with E-state index in [9.17, 15) is 17.8 Å². The van der Waals surface area contributed by atoms with Crippen molar-refractivity contribution in [2.45, 2.75) is 26.3 Å². The van der Waals surface area contributed by atoms with Gasteiger partial charge < -0.3 is 9.87 Å². The summed E-state index contributed by atoms with van der Waals surface area (Å²) in [6.07, 6.45) is 7.49. The SMILES string of the molecule is Cc1c(CNCS(=O)(=O)[O-])c(=O)n(C2=CC=CCC2)n1C.[Na+]. The van der Waals surface area contributed by atoms with Gasteiger partial charge in [0.25, 0.3) is 5.56 Å². The smallest absolute Gasteiger partial charge is 0.747 e. The summed E-state index contributed by atoms with van der Waals surface area (Å²) in [7, 11) is -2.56. The summed E-state index contributed by atoms with van der Waals surface area (Å²) >= 11 is 0. The van der Waals surface area contributed by atoms with E-state index < -0.39 is 16.0 Å². The van der Waals surface area contributed by atoms with Gasteiger partial charge in [0.05, 0.1) is 11.4 Å². The minimum atomic E-state index is -4.34. The fourth-order valence-corrected chi connectivity index (χ4v) is 2.71. The second-order valence-corrected chi connectivity index (χ2v) is 6.36. The second kappa shape index (κ2) is 7.76. The van der Waals surface area contributed by atoms with Gasteiger partial charge in [0, 0.05) is 25.0 Å². The average Bonchev–Trinajstić information content (AvgIpc) is 2.62. The van der Waals surface area contributed by atoms with Crippen molar-refractivity contribution in [3.05, 3.63) is 39.8 Å². The van der Waals surface area contributed by atoms with Gasteiger partial charge in [0.15, 0.2) is 0 Å². The molecule has 0 atom stereocenters. The van der Waals surface area contributed by atoms with E-state index in [0.717, 1.165) is 24.2 Å². The van der Waals surface area contributed by atoms with Crippen molar-refractivity contribution in [2.24, 2.45) is 7.05 Å². The summed E-state index contributed by atoms with van der Waals surface area (Å²) in [6, 6.07) is 0. The Morgan fingerprint density at radius 1 is 1.41 bits per heavy atom. The standard InChI is InChI=1S/C13H19N3O4S.Na/c1-10-12(8-14-9-21(18,19)20)13(17)16(15(10)2)11-6-4-3-5-7-11;/h3-4,6,14H,5,7-9H2,1-2H3,(H,18,19,20);/q;+1/p-1. The van der Waals surface area contributed by atoms with Crippen molar-refractivity contribution < 1.29 is 42.5 Å². The number of aromatic nitrogens is 2. The van der Waals surface area contributed by atoms with Crippen molar-refractivity contribution in [3.8, 4) is 0 Å². The van der Waals surface area contributed by atoms with Gasteiger partial charge in [0.1, 0.15) is 10.1 Å². The van der Waals surface area contributed by atoms with Crippen molar-refractivity contribution >= 4 is 15.8 Å². The maximum absolute atomic E-state index is 12.5. The molecule has 0 amide bonds. The Balaban J connectivity index is 0.00000242. The largest absolute Gasteiger partial charge is 1.00 e. The zero-order chi connectivity index (χ0) is 15.6. The van der Waals surface area contributed by atoms with Crippen LogP contribution >= 0.6 is 0 Å². The normalized spacial score (nSPS) is 14.6. The topological polar surface area (TPSA) is 96.2 Å². The van der Waals surface area contributed by atoms with Crippen LogP contribution in [0.4, 0.5) is 0 Å². The Bertz CT molecular complexity index is 759. The molecule has 0 saturated carbocycles. The Labute approximate surface area is 151 Å². The van der Waals surface area contributed by atoms with Crippen molar-refractivity contribution in [1.82, 2.24) is 14.7 Å². The Kier molecular flexibility index (Phi) is 6.84. The molecule has 7 nitrogen and oxygen atoms in total. The fourth-order valence-electron chi connectivity index (χ4n) is 2.36. The predicted octanol–water partition coefficient (Wildman–Crippen LogP) is -2.72. The second-order valence-electron chi connectivity index (χ2n) is 4.96. The molecule has 1 heterocycles. The van der Waals surface area contributed by atoms with Crippen LogP contribution in [0.5, 0.6) is 0 Å². The van der Waals surface area contributed by atoms with E-state index in [0.29, 0.717) is 5.56 Å². The molecule has 1 aromatic heterocycles. The molecule has 0 aliphatic heterocycles. The van der Waals surface area contributed by atoms with Crippen LogP contribution < -0.4 is 40.4 Å². The molecular formula is C13H18N3NaO4S. The molecule has 0 spiro atoms. The number of hydrogen-bond acceptors (Lipinski definition) is 5. The molecule has 0 fully saturated rings. The van der Waals surface area contributed by atoms with Gasteiger partial charge in [-0.2, -0.15) is 0 Å². The van der Waals surface area contributed by atoms with E-state index in [1.807, 2.05) is 18.2 Å². The first-order chi connectivity index (χ1) is 9.81. The van der Waals surface area contributed by atoms with Gasteiger partial charge in [-0.15, -0.1) is 0 Å². The molecule has 2 rings (SSSR count). The van der Waals surface area contributed by atoms with Gasteiger partial charge in [-0.05, 0) is 25.8 Å². The fraction of sp³-hybridized carbons (Fsp3) is 0.462. The van der Waals surface area contributed by atoms with Gasteiger partial charge in [-0.1, -0.05) is 12.2 Å². The molecule has 116 valence electrons. The third kappa shape index (κ3) is 4.43. The Morgan fingerprint density at radius 3 is 2.64 bits per heavy atom. The minimum absolute atomic E-state index is 0. The molecule has 22 heavy (non-hydrogen) atoms. The first-order valence-electron chi connectivity index (χ1n) is 6.59. The van der Waals surface area contributed by atoms with Crippen LogP contribution in [-0.4, -0.2) is 28.2 Å². The molecule has 0 radical (unpaired) electrons. The van der Waals surface area contributed by atoms with Gasteiger partial charge in [-0.25, -0.2) is 13.1 Å². The summed E-state index contributed by atoms with van der Waals surface area (Å²) in [5, 5.41) is 2.51. The monoisotopic (exact) mass is 335 g/mol. The van der Waals surface area contributed by atoms with Gasteiger partial charge >= 0.3 is 29.6 Å². The van der Waals surface area contributed by atoms with E-state index >= 15 is 0 Å². The van der Waals surface area contributed by atoms with E-state index in [2.05, 4.69) is 5.32 Å². The first-order valence-corrected chi connectivity index (χ1v) is 8.17. The number of nitrogens with zero attached hydrogens (tertiary/aromatic N) is 2. The molecule has 0 unspecified atom stereocenters. The van der Waals surface area contributed by atoms with Crippen LogP contribution in [-0.2, 0) is 23.7 Å². The molecule has 0 saturated heterocycles. The molecule has 9 heteroatoms.